The predicted octanol–water partition coefficient (Wildman–Crippen LogP) is 2.80. The van der Waals surface area contributed by atoms with Gasteiger partial charge in [0.2, 0.25) is 11.8 Å². The molecule has 3 aromatic rings. The predicted molar refractivity (Wildman–Crippen MR) is 123 cm³/mol. The fourth-order valence-corrected chi connectivity index (χ4v) is 3.61. The van der Waals surface area contributed by atoms with Crippen LogP contribution in [0.15, 0.2) is 59.4 Å². The molecule has 0 saturated heterocycles. The van der Waals surface area contributed by atoms with E-state index in [4.69, 9.17) is 4.74 Å². The summed E-state index contributed by atoms with van der Waals surface area (Å²) in [7, 11) is 3.33. The van der Waals surface area contributed by atoms with Gasteiger partial charge in [-0.1, -0.05) is 18.2 Å². The molecule has 0 atom stereocenters. The van der Waals surface area contributed by atoms with Crippen LogP contribution in [0.1, 0.15) is 5.69 Å². The van der Waals surface area contributed by atoms with Gasteiger partial charge in [0, 0.05) is 12.7 Å². The number of rotatable bonds is 8. The molecule has 0 spiro atoms. The number of thioether (sulfide) groups is 1. The molecule has 162 valence electrons. The molecule has 2 aromatic carbocycles. The number of amides is 2. The number of hydrogen-bond acceptors (Lipinski definition) is 5. The molecule has 0 unspecified atom stereocenters. The molecule has 0 radical (unpaired) electrons. The number of hydrogen-bond donors (Lipinski definition) is 2. The summed E-state index contributed by atoms with van der Waals surface area (Å²) < 4.78 is 8.28. The first kappa shape index (κ1) is 22.2. The van der Waals surface area contributed by atoms with E-state index in [-0.39, 0.29) is 34.6 Å². The van der Waals surface area contributed by atoms with Gasteiger partial charge in [0.05, 0.1) is 30.0 Å². The van der Waals surface area contributed by atoms with Crippen LogP contribution in [-0.2, 0) is 16.6 Å². The van der Waals surface area contributed by atoms with Crippen LogP contribution in [0.5, 0.6) is 5.75 Å². The Morgan fingerprint density at radius 3 is 2.19 bits per heavy atom. The number of methoxy groups -OCH3 is 1. The largest absolute Gasteiger partial charge is 0.497 e. The number of aromatic nitrogens is 2. The fourth-order valence-electron chi connectivity index (χ4n) is 3.00. The molecule has 3 rings (SSSR count). The van der Waals surface area contributed by atoms with Crippen LogP contribution in [0.4, 0.5) is 11.4 Å². The van der Waals surface area contributed by atoms with Crippen molar-refractivity contribution in [1.82, 2.24) is 9.36 Å². The molecule has 2 amide bonds. The number of nitrogens with one attached hydrogen (secondary N) is 2. The number of anilines is 2. The first-order valence-corrected chi connectivity index (χ1v) is 10.7. The maximum Gasteiger partial charge on any atom is 0.295 e. The lowest BCUT2D eigenvalue weighted by molar-refractivity contribution is -0.114. The Hall–Kier alpha value is -3.46. The standard InChI is InChI=1S/C22H24N4O4S/c1-15-21(22(29)26(25(15)2)17-7-5-4-6-8-17)24-20(28)14-31-13-19(27)23-16-9-11-18(30-3)12-10-16/h4-12H,13-14H2,1-3H3,(H,23,27)(H,24,28). The monoisotopic (exact) mass is 440 g/mol. The quantitative estimate of drug-likeness (QED) is 0.562. The Bertz CT molecular complexity index is 1120. The van der Waals surface area contributed by atoms with Crippen molar-refractivity contribution in [3.8, 4) is 11.4 Å². The minimum absolute atomic E-state index is 0.0507. The lowest BCUT2D eigenvalue weighted by atomic mass is 10.3. The Kier molecular flexibility index (Phi) is 7.19. The number of ether oxygens (including phenoxy) is 1. The zero-order valence-electron chi connectivity index (χ0n) is 17.5. The fraction of sp³-hybridized carbons (Fsp3) is 0.227. The summed E-state index contributed by atoms with van der Waals surface area (Å²) in [5.74, 6) is 0.307. The Morgan fingerprint density at radius 1 is 0.968 bits per heavy atom. The van der Waals surface area contributed by atoms with Gasteiger partial charge in [0.1, 0.15) is 11.4 Å². The first-order chi connectivity index (χ1) is 14.9. The van der Waals surface area contributed by atoms with Gasteiger partial charge in [-0.25, -0.2) is 4.68 Å². The molecular formula is C22H24N4O4S. The summed E-state index contributed by atoms with van der Waals surface area (Å²) in [6.45, 7) is 1.77. The first-order valence-electron chi connectivity index (χ1n) is 9.56. The molecular weight excluding hydrogens is 416 g/mol. The second kappa shape index (κ2) is 10.0. The molecule has 0 aliphatic rings. The molecule has 0 fully saturated rings. The average Bonchev–Trinajstić information content (AvgIpc) is 2.98. The number of carbonyl (C=O) groups is 2. The zero-order chi connectivity index (χ0) is 22.4. The van der Waals surface area contributed by atoms with Gasteiger partial charge in [-0.05, 0) is 43.3 Å². The van der Waals surface area contributed by atoms with E-state index in [9.17, 15) is 14.4 Å². The lowest BCUT2D eigenvalue weighted by Crippen LogP contribution is -2.24. The number of benzene rings is 2. The topological polar surface area (TPSA) is 94.4 Å². The van der Waals surface area contributed by atoms with E-state index in [1.54, 1.807) is 50.0 Å². The van der Waals surface area contributed by atoms with E-state index in [1.807, 2.05) is 30.3 Å². The second-order valence-corrected chi connectivity index (χ2v) is 7.74. The van der Waals surface area contributed by atoms with Crippen LogP contribution >= 0.6 is 11.8 Å². The van der Waals surface area contributed by atoms with E-state index in [2.05, 4.69) is 10.6 Å². The van der Waals surface area contributed by atoms with Crippen molar-refractivity contribution >= 4 is 35.0 Å². The minimum Gasteiger partial charge on any atom is -0.497 e. The van der Waals surface area contributed by atoms with Crippen LogP contribution in [0.3, 0.4) is 0 Å². The van der Waals surface area contributed by atoms with Crippen LogP contribution < -0.4 is 20.9 Å². The molecule has 0 saturated carbocycles. The summed E-state index contributed by atoms with van der Waals surface area (Å²) >= 11 is 1.17. The normalized spacial score (nSPS) is 10.5. The van der Waals surface area contributed by atoms with Crippen LogP contribution in [0.25, 0.3) is 5.69 Å². The molecule has 1 aromatic heterocycles. The minimum atomic E-state index is -0.340. The molecule has 0 aliphatic heterocycles. The highest BCUT2D eigenvalue weighted by Crippen LogP contribution is 2.16. The maximum absolute atomic E-state index is 12.8. The highest BCUT2D eigenvalue weighted by Gasteiger charge is 2.18. The molecule has 0 bridgehead atoms. The Labute approximate surface area is 184 Å². The highest BCUT2D eigenvalue weighted by atomic mass is 32.2. The summed E-state index contributed by atoms with van der Waals surface area (Å²) in [4.78, 5) is 37.2. The van der Waals surface area contributed by atoms with Gasteiger partial charge < -0.3 is 15.4 Å². The second-order valence-electron chi connectivity index (χ2n) is 6.75. The summed E-state index contributed by atoms with van der Waals surface area (Å²) in [5.41, 5.74) is 1.94. The molecule has 31 heavy (non-hydrogen) atoms. The summed E-state index contributed by atoms with van der Waals surface area (Å²) in [6, 6.07) is 16.2. The third kappa shape index (κ3) is 5.37. The molecule has 0 aliphatic carbocycles. The summed E-state index contributed by atoms with van der Waals surface area (Å²) in [5, 5.41) is 5.45. The van der Waals surface area contributed by atoms with Crippen LogP contribution in [0, 0.1) is 6.92 Å². The lowest BCUT2D eigenvalue weighted by Gasteiger charge is -2.07. The number of para-hydroxylation sites is 1. The number of carbonyl (C=O) groups excluding carboxylic acids is 2. The third-order valence-electron chi connectivity index (χ3n) is 4.66. The van der Waals surface area contributed by atoms with Gasteiger partial charge in [-0.2, -0.15) is 0 Å². The number of nitrogens with zero attached hydrogens (tertiary/aromatic N) is 2. The van der Waals surface area contributed by atoms with E-state index in [0.717, 1.165) is 0 Å². The van der Waals surface area contributed by atoms with Crippen molar-refractivity contribution in [2.75, 3.05) is 29.2 Å². The van der Waals surface area contributed by atoms with Gasteiger partial charge >= 0.3 is 0 Å². The molecule has 2 N–H and O–H groups in total. The smallest absolute Gasteiger partial charge is 0.295 e. The Balaban J connectivity index is 1.55. The van der Waals surface area contributed by atoms with Gasteiger partial charge in [0.15, 0.2) is 0 Å². The Morgan fingerprint density at radius 2 is 1.58 bits per heavy atom. The van der Waals surface area contributed by atoms with Crippen LogP contribution in [-0.4, -0.2) is 39.8 Å². The van der Waals surface area contributed by atoms with E-state index < -0.39 is 0 Å². The highest BCUT2D eigenvalue weighted by molar-refractivity contribution is 8.00. The zero-order valence-corrected chi connectivity index (χ0v) is 18.4. The molecule has 1 heterocycles. The third-order valence-corrected chi connectivity index (χ3v) is 5.59. The van der Waals surface area contributed by atoms with Crippen molar-refractivity contribution < 1.29 is 14.3 Å². The van der Waals surface area contributed by atoms with E-state index in [1.165, 1.54) is 16.4 Å². The van der Waals surface area contributed by atoms with Crippen LogP contribution in [0.2, 0.25) is 0 Å². The molecule has 8 nitrogen and oxygen atoms in total. The average molecular weight is 441 g/mol. The van der Waals surface area contributed by atoms with Crippen molar-refractivity contribution in [1.29, 1.82) is 0 Å². The molecule has 9 heteroatoms. The van der Waals surface area contributed by atoms with Crippen molar-refractivity contribution in [2.45, 2.75) is 6.92 Å². The SMILES string of the molecule is COc1ccc(NC(=O)CSCC(=O)Nc2c(C)n(C)n(-c3ccccc3)c2=O)cc1. The van der Waals surface area contributed by atoms with Gasteiger partial charge in [-0.3, -0.25) is 19.1 Å². The maximum atomic E-state index is 12.8. The van der Waals surface area contributed by atoms with Crippen molar-refractivity contribution in [2.24, 2.45) is 7.05 Å². The van der Waals surface area contributed by atoms with E-state index in [0.29, 0.717) is 22.8 Å². The van der Waals surface area contributed by atoms with Crippen molar-refractivity contribution in [3.63, 3.8) is 0 Å². The van der Waals surface area contributed by atoms with Gasteiger partial charge in [0.25, 0.3) is 5.56 Å². The van der Waals surface area contributed by atoms with E-state index >= 15 is 0 Å². The van der Waals surface area contributed by atoms with Crippen molar-refractivity contribution in [3.05, 3.63) is 70.6 Å². The van der Waals surface area contributed by atoms with Gasteiger partial charge in [-0.15, -0.1) is 11.8 Å². The summed E-state index contributed by atoms with van der Waals surface area (Å²) in [6.07, 6.45) is 0.